The van der Waals surface area contributed by atoms with Crippen molar-refractivity contribution in [1.82, 2.24) is 8.87 Å². The topological polar surface area (TPSA) is 72.1 Å². The van der Waals surface area contributed by atoms with E-state index in [0.717, 1.165) is 0 Å². The average Bonchev–Trinajstić information content (AvgIpc) is 3.10. The van der Waals surface area contributed by atoms with E-state index in [1.807, 2.05) is 0 Å². The molecule has 3 rings (SSSR count). The summed E-state index contributed by atoms with van der Waals surface area (Å²) in [6.45, 7) is 0.223. The van der Waals surface area contributed by atoms with Crippen LogP contribution in [0.15, 0.2) is 48.8 Å². The Bertz CT molecular complexity index is 759. The number of hydrogen-bond acceptors (Lipinski definition) is 3. The number of aromatic nitrogens is 1. The number of halogens is 1. The summed E-state index contributed by atoms with van der Waals surface area (Å²) < 4.78 is 40.1. The normalized spacial score (nSPS) is 26.6. The molecule has 7 heteroatoms. The zero-order valence-corrected chi connectivity index (χ0v) is 13.1. The summed E-state index contributed by atoms with van der Waals surface area (Å²) in [6.07, 6.45) is 3.82. The maximum Gasteiger partial charge on any atom is 0.145 e. The second kappa shape index (κ2) is 6.24. The van der Waals surface area contributed by atoms with Gasteiger partial charge in [-0.3, -0.25) is 4.21 Å². The molecule has 5 nitrogen and oxygen atoms in total. The van der Waals surface area contributed by atoms with Crippen LogP contribution in [0.1, 0.15) is 17.9 Å². The summed E-state index contributed by atoms with van der Waals surface area (Å²) in [5.74, 6) is -0.764. The van der Waals surface area contributed by atoms with Crippen LogP contribution >= 0.6 is 0 Å². The number of piperidine rings is 1. The van der Waals surface area contributed by atoms with E-state index in [2.05, 4.69) is 6.07 Å². The fraction of sp³-hybridized carbons (Fsp3) is 0.312. The molecule has 0 amide bonds. The summed E-state index contributed by atoms with van der Waals surface area (Å²) in [5.41, 5.74) is -0.608. The van der Waals surface area contributed by atoms with Gasteiger partial charge in [0.05, 0.1) is 6.07 Å². The molecule has 1 aromatic heterocycles. The quantitative estimate of drug-likeness (QED) is 0.808. The number of hydrogen-bond donors (Lipinski definition) is 0. The molecule has 2 heterocycles. The van der Waals surface area contributed by atoms with Gasteiger partial charge in [0.1, 0.15) is 11.4 Å². The lowest BCUT2D eigenvalue weighted by atomic mass is 9.80. The molecule has 120 valence electrons. The molecule has 1 aliphatic rings. The predicted molar refractivity (Wildman–Crippen MR) is 82.3 cm³/mol. The van der Waals surface area contributed by atoms with Gasteiger partial charge in [-0.2, -0.15) is 5.26 Å². The van der Waals surface area contributed by atoms with Gasteiger partial charge in [0.25, 0.3) is 0 Å². The fourth-order valence-electron chi connectivity index (χ4n) is 3.21. The largest absolute Gasteiger partial charge is 0.760 e. The summed E-state index contributed by atoms with van der Waals surface area (Å²) in [6, 6.07) is 12.1. The van der Waals surface area contributed by atoms with Gasteiger partial charge in [0, 0.05) is 42.7 Å². The minimum atomic E-state index is -2.47. The fourth-order valence-corrected chi connectivity index (χ4v) is 3.83. The van der Waals surface area contributed by atoms with Crippen LogP contribution < -0.4 is 0 Å². The Morgan fingerprint density at radius 3 is 2.61 bits per heavy atom. The van der Waals surface area contributed by atoms with Crippen molar-refractivity contribution < 1.29 is 13.2 Å². The van der Waals surface area contributed by atoms with Gasteiger partial charge in [-0.05, 0) is 30.2 Å². The Labute approximate surface area is 136 Å². The van der Waals surface area contributed by atoms with E-state index in [0.29, 0.717) is 12.0 Å². The number of nitriles is 1. The minimum absolute atomic E-state index is 0.0548. The Morgan fingerprint density at radius 2 is 2.00 bits per heavy atom. The Morgan fingerprint density at radius 1 is 1.30 bits per heavy atom. The molecule has 3 atom stereocenters. The third kappa shape index (κ3) is 2.93. The molecule has 0 radical (unpaired) electrons. The second-order valence-corrected chi connectivity index (χ2v) is 6.65. The average molecular weight is 332 g/mol. The first-order valence-electron chi connectivity index (χ1n) is 7.19. The lowest BCUT2D eigenvalue weighted by Gasteiger charge is -2.43. The van der Waals surface area contributed by atoms with Gasteiger partial charge in [0.15, 0.2) is 0 Å². The zero-order chi connectivity index (χ0) is 16.4. The van der Waals surface area contributed by atoms with Crippen LogP contribution in [0, 0.1) is 17.1 Å². The molecule has 3 unspecified atom stereocenters. The zero-order valence-electron chi connectivity index (χ0n) is 12.3. The molecule has 1 saturated heterocycles. The Hall–Kier alpha value is -2.01. The summed E-state index contributed by atoms with van der Waals surface area (Å²) in [5, 5.41) is 9.75. The summed E-state index contributed by atoms with van der Waals surface area (Å²) in [7, 11) is 0. The molecule has 23 heavy (non-hydrogen) atoms. The van der Waals surface area contributed by atoms with Crippen LogP contribution in [0.4, 0.5) is 4.39 Å². The number of nitrogens with zero attached hydrogens (tertiary/aromatic N) is 3. The monoisotopic (exact) mass is 332 g/mol. The van der Waals surface area contributed by atoms with Gasteiger partial charge in [-0.15, -0.1) is 0 Å². The van der Waals surface area contributed by atoms with E-state index in [1.54, 1.807) is 47.3 Å². The first-order chi connectivity index (χ1) is 11.1. The third-order valence-electron chi connectivity index (χ3n) is 4.31. The first kappa shape index (κ1) is 15.9. The predicted octanol–water partition coefficient (Wildman–Crippen LogP) is 2.13. The molecule has 2 aromatic rings. The van der Waals surface area contributed by atoms with Gasteiger partial charge in [-0.25, -0.2) is 8.70 Å². The highest BCUT2D eigenvalue weighted by atomic mass is 32.2. The van der Waals surface area contributed by atoms with Crippen molar-refractivity contribution in [1.29, 1.82) is 5.26 Å². The lowest BCUT2D eigenvalue weighted by molar-refractivity contribution is 0.180. The van der Waals surface area contributed by atoms with Crippen LogP contribution in [0.5, 0.6) is 0 Å². The molecule has 1 fully saturated rings. The van der Waals surface area contributed by atoms with Crippen LogP contribution in [-0.2, 0) is 16.8 Å². The highest BCUT2D eigenvalue weighted by molar-refractivity contribution is 7.76. The van der Waals surface area contributed by atoms with E-state index in [-0.39, 0.29) is 24.8 Å². The van der Waals surface area contributed by atoms with E-state index in [4.69, 9.17) is 0 Å². The molecular formula is C16H15FN3O2S-. The van der Waals surface area contributed by atoms with E-state index < -0.39 is 16.8 Å². The minimum Gasteiger partial charge on any atom is -0.760 e. The van der Waals surface area contributed by atoms with Crippen LogP contribution in [-0.4, -0.2) is 30.7 Å². The van der Waals surface area contributed by atoms with Gasteiger partial charge in [-0.1, -0.05) is 18.2 Å². The number of rotatable bonds is 3. The maximum atomic E-state index is 14.1. The van der Waals surface area contributed by atoms with Crippen molar-refractivity contribution in [2.24, 2.45) is 0 Å². The highest BCUT2D eigenvalue weighted by Crippen LogP contribution is 2.38. The van der Waals surface area contributed by atoms with Crippen molar-refractivity contribution in [3.63, 3.8) is 0 Å². The van der Waals surface area contributed by atoms with Crippen molar-refractivity contribution in [3.8, 4) is 6.07 Å². The van der Waals surface area contributed by atoms with Gasteiger partial charge in [0.2, 0.25) is 0 Å². The third-order valence-corrected chi connectivity index (χ3v) is 5.01. The van der Waals surface area contributed by atoms with Crippen molar-refractivity contribution >= 4 is 11.3 Å². The maximum absolute atomic E-state index is 14.1. The Kier molecular flexibility index (Phi) is 4.31. The van der Waals surface area contributed by atoms with Crippen LogP contribution in [0.2, 0.25) is 0 Å². The lowest BCUT2D eigenvalue weighted by Crippen LogP contribution is -2.51. The SMILES string of the molecule is N#CC1(n2cccc2)CC(c2ccccc2F)CN(S(=O)[O-])C1. The van der Waals surface area contributed by atoms with Crippen LogP contribution in [0.3, 0.4) is 0 Å². The molecule has 0 aliphatic carbocycles. The van der Waals surface area contributed by atoms with Crippen molar-refractivity contribution in [3.05, 3.63) is 60.2 Å². The molecule has 0 saturated carbocycles. The van der Waals surface area contributed by atoms with E-state index in [9.17, 15) is 18.4 Å². The summed E-state index contributed by atoms with van der Waals surface area (Å²) >= 11 is -2.47. The molecule has 1 aromatic carbocycles. The highest BCUT2D eigenvalue weighted by Gasteiger charge is 2.42. The standard InChI is InChI=1S/C16H16FN3O2S/c17-15-6-2-1-5-14(15)13-9-16(11-18,19-7-3-4-8-19)12-20(10-13)23(21)22/h1-8,13H,9-10,12H2,(H,21,22)/p-1. The van der Waals surface area contributed by atoms with Crippen LogP contribution in [0.25, 0.3) is 0 Å². The molecular weight excluding hydrogens is 317 g/mol. The smallest absolute Gasteiger partial charge is 0.145 e. The van der Waals surface area contributed by atoms with Crippen molar-refractivity contribution in [2.75, 3.05) is 13.1 Å². The summed E-state index contributed by atoms with van der Waals surface area (Å²) in [4.78, 5) is 0. The van der Waals surface area contributed by atoms with Gasteiger partial charge < -0.3 is 9.12 Å². The second-order valence-electron chi connectivity index (χ2n) is 5.70. The molecule has 0 spiro atoms. The Balaban J connectivity index is 2.04. The van der Waals surface area contributed by atoms with E-state index >= 15 is 0 Å². The number of benzene rings is 1. The van der Waals surface area contributed by atoms with Gasteiger partial charge >= 0.3 is 0 Å². The van der Waals surface area contributed by atoms with E-state index in [1.165, 1.54) is 10.4 Å². The van der Waals surface area contributed by atoms with Crippen molar-refractivity contribution in [2.45, 2.75) is 17.9 Å². The first-order valence-corrected chi connectivity index (χ1v) is 8.22. The molecule has 0 N–H and O–H groups in total. The molecule has 0 bridgehead atoms. The molecule has 1 aliphatic heterocycles.